The highest BCUT2D eigenvalue weighted by Crippen LogP contribution is 2.32. The number of hydrogen-bond donors (Lipinski definition) is 3. The predicted molar refractivity (Wildman–Crippen MR) is 129 cm³/mol. The van der Waals surface area contributed by atoms with Crippen molar-refractivity contribution in [3.63, 3.8) is 0 Å². The van der Waals surface area contributed by atoms with Crippen molar-refractivity contribution in [3.8, 4) is 0 Å². The number of allylic oxidation sites excluding steroid dienone is 1. The minimum Gasteiger partial charge on any atom is -0.466 e. The van der Waals surface area contributed by atoms with Crippen LogP contribution in [0.3, 0.4) is 0 Å². The van der Waals surface area contributed by atoms with Gasteiger partial charge in [0.2, 0.25) is 0 Å². The molecule has 1 aliphatic rings. The zero-order valence-corrected chi connectivity index (χ0v) is 19.8. The fourth-order valence-corrected chi connectivity index (χ4v) is 4.16. The molecule has 2 aromatic carbocycles. The normalized spacial score (nSPS) is 15.9. The zero-order chi connectivity index (χ0) is 22.5. The van der Waals surface area contributed by atoms with Gasteiger partial charge in [0.15, 0.2) is 5.11 Å². The van der Waals surface area contributed by atoms with E-state index >= 15 is 0 Å². The van der Waals surface area contributed by atoms with Crippen LogP contribution in [0.25, 0.3) is 0 Å². The molecule has 3 rings (SSSR count). The van der Waals surface area contributed by atoms with Gasteiger partial charge in [0.1, 0.15) is 0 Å². The van der Waals surface area contributed by atoms with Crippen LogP contribution in [-0.4, -0.2) is 35.7 Å². The van der Waals surface area contributed by atoms with Crippen molar-refractivity contribution in [2.45, 2.75) is 19.9 Å². The molecule has 0 aliphatic carbocycles. The summed E-state index contributed by atoms with van der Waals surface area (Å²) in [6.45, 7) is 4.46. The van der Waals surface area contributed by atoms with E-state index in [0.717, 1.165) is 15.7 Å². The van der Waals surface area contributed by atoms with E-state index in [4.69, 9.17) is 17.0 Å². The minimum absolute atomic E-state index is 0.360. The molecule has 1 unspecified atom stereocenters. The molecule has 9 heteroatoms. The van der Waals surface area contributed by atoms with Crippen molar-refractivity contribution in [1.29, 1.82) is 0 Å². The molecule has 0 saturated carbocycles. The van der Waals surface area contributed by atoms with E-state index in [1.807, 2.05) is 49.1 Å². The van der Waals surface area contributed by atoms with Crippen molar-refractivity contribution in [2.75, 3.05) is 24.3 Å². The summed E-state index contributed by atoms with van der Waals surface area (Å²) in [6, 6.07) is 13.8. The number of methoxy groups -OCH3 is 1. The van der Waals surface area contributed by atoms with E-state index in [-0.39, 0.29) is 6.03 Å². The Bertz CT molecular complexity index is 1040. The summed E-state index contributed by atoms with van der Waals surface area (Å²) < 4.78 is 5.80. The number of halogens is 1. The van der Waals surface area contributed by atoms with Crippen LogP contribution in [0.5, 0.6) is 0 Å². The van der Waals surface area contributed by atoms with Gasteiger partial charge in [-0.15, -0.1) is 0 Å². The number of anilines is 2. The number of esters is 1. The van der Waals surface area contributed by atoms with Crippen LogP contribution in [0.1, 0.15) is 25.5 Å². The highest BCUT2D eigenvalue weighted by atomic mass is 79.9. The molecule has 0 aromatic heterocycles. The van der Waals surface area contributed by atoms with E-state index in [9.17, 15) is 9.59 Å². The number of carbonyl (C=O) groups excluding carboxylic acids is 2. The lowest BCUT2D eigenvalue weighted by molar-refractivity contribution is -0.136. The Kier molecular flexibility index (Phi) is 7.29. The lowest BCUT2D eigenvalue weighted by Gasteiger charge is -2.36. The Balaban J connectivity index is 1.79. The molecular weight excluding hydrogens is 480 g/mol. The van der Waals surface area contributed by atoms with Crippen LogP contribution in [0.15, 0.2) is 64.3 Å². The molecule has 3 N–H and O–H groups in total. The molecule has 0 saturated heterocycles. The second kappa shape index (κ2) is 9.93. The monoisotopic (exact) mass is 502 g/mol. The standard InChI is InChI=1S/C22H23BrN4O3S/c1-4-27-13(2)18(20(28)30-3)19(26-22(27)31)14-9-11-15(12-10-14)24-21(29)25-17-8-6-5-7-16(17)23/h5-12,19H,4H2,1-3H3,(H,26,31)(H2,24,25,29). The first-order valence-electron chi connectivity index (χ1n) is 9.65. The number of amides is 2. The molecule has 0 fully saturated rings. The molecular formula is C22H23BrN4O3S. The van der Waals surface area contributed by atoms with Crippen LogP contribution >= 0.6 is 28.1 Å². The summed E-state index contributed by atoms with van der Waals surface area (Å²) in [4.78, 5) is 26.7. The number of benzene rings is 2. The van der Waals surface area contributed by atoms with Gasteiger partial charge in [-0.3, -0.25) is 0 Å². The van der Waals surface area contributed by atoms with E-state index in [0.29, 0.717) is 28.6 Å². The first kappa shape index (κ1) is 22.8. The Morgan fingerprint density at radius 2 is 1.84 bits per heavy atom. The number of ether oxygens (including phenoxy) is 1. The Labute approximate surface area is 195 Å². The molecule has 1 heterocycles. The van der Waals surface area contributed by atoms with Gasteiger partial charge in [0.05, 0.1) is 24.4 Å². The topological polar surface area (TPSA) is 82.7 Å². The Morgan fingerprint density at radius 1 is 1.16 bits per heavy atom. The lowest BCUT2D eigenvalue weighted by Crippen LogP contribution is -2.47. The predicted octanol–water partition coefficient (Wildman–Crippen LogP) is 4.79. The lowest BCUT2D eigenvalue weighted by atomic mass is 9.95. The molecule has 31 heavy (non-hydrogen) atoms. The number of nitrogens with zero attached hydrogens (tertiary/aromatic N) is 1. The van der Waals surface area contributed by atoms with Crippen LogP contribution in [0.2, 0.25) is 0 Å². The number of para-hydroxylation sites is 1. The fourth-order valence-electron chi connectivity index (χ4n) is 3.39. The van der Waals surface area contributed by atoms with Crippen LogP contribution in [-0.2, 0) is 9.53 Å². The van der Waals surface area contributed by atoms with Gasteiger partial charge in [-0.05, 0) is 71.8 Å². The Hall–Kier alpha value is -2.91. The van der Waals surface area contributed by atoms with Crippen molar-refractivity contribution < 1.29 is 14.3 Å². The number of thiocarbonyl (C=S) groups is 1. The van der Waals surface area contributed by atoms with Gasteiger partial charge in [0, 0.05) is 22.4 Å². The summed E-state index contributed by atoms with van der Waals surface area (Å²) in [5, 5.41) is 9.36. The third-order valence-corrected chi connectivity index (χ3v) is 5.97. The average Bonchev–Trinajstić information content (AvgIpc) is 2.75. The summed E-state index contributed by atoms with van der Waals surface area (Å²) >= 11 is 8.87. The van der Waals surface area contributed by atoms with E-state index in [1.165, 1.54) is 7.11 Å². The first-order valence-corrected chi connectivity index (χ1v) is 10.9. The van der Waals surface area contributed by atoms with E-state index in [2.05, 4.69) is 31.9 Å². The van der Waals surface area contributed by atoms with Gasteiger partial charge in [-0.2, -0.15) is 0 Å². The van der Waals surface area contributed by atoms with Gasteiger partial charge in [-0.25, -0.2) is 9.59 Å². The maximum atomic E-state index is 12.5. The summed E-state index contributed by atoms with van der Waals surface area (Å²) in [6.07, 6.45) is 0. The van der Waals surface area contributed by atoms with Gasteiger partial charge in [0.25, 0.3) is 0 Å². The molecule has 1 atom stereocenters. The molecule has 162 valence electrons. The summed E-state index contributed by atoms with van der Waals surface area (Å²) in [5.74, 6) is -0.411. The van der Waals surface area contributed by atoms with Gasteiger partial charge >= 0.3 is 12.0 Å². The molecule has 1 aliphatic heterocycles. The highest BCUT2D eigenvalue weighted by molar-refractivity contribution is 9.10. The number of carbonyl (C=O) groups is 2. The average molecular weight is 503 g/mol. The number of nitrogens with one attached hydrogen (secondary N) is 3. The maximum absolute atomic E-state index is 12.5. The molecule has 7 nitrogen and oxygen atoms in total. The highest BCUT2D eigenvalue weighted by Gasteiger charge is 2.33. The van der Waals surface area contributed by atoms with Crippen molar-refractivity contribution >= 4 is 56.6 Å². The van der Waals surface area contributed by atoms with Crippen LogP contribution in [0, 0.1) is 0 Å². The second-order valence-corrected chi connectivity index (χ2v) is 8.04. The minimum atomic E-state index is -0.439. The van der Waals surface area contributed by atoms with Gasteiger partial charge in [-0.1, -0.05) is 24.3 Å². The molecule has 2 amide bonds. The summed E-state index contributed by atoms with van der Waals surface area (Å²) in [5.41, 5.74) is 3.38. The number of hydrogen-bond acceptors (Lipinski definition) is 4. The van der Waals surface area contributed by atoms with E-state index < -0.39 is 12.0 Å². The number of urea groups is 1. The maximum Gasteiger partial charge on any atom is 0.337 e. The SMILES string of the molecule is CCN1C(=S)NC(c2ccc(NC(=O)Nc3ccccc3Br)cc2)C(C(=O)OC)=C1C. The quantitative estimate of drug-likeness (QED) is 0.402. The smallest absolute Gasteiger partial charge is 0.337 e. The second-order valence-electron chi connectivity index (χ2n) is 6.80. The molecule has 0 radical (unpaired) electrons. The van der Waals surface area contributed by atoms with Crippen molar-refractivity contribution in [2.24, 2.45) is 0 Å². The van der Waals surface area contributed by atoms with Crippen molar-refractivity contribution in [3.05, 3.63) is 69.8 Å². The van der Waals surface area contributed by atoms with Crippen molar-refractivity contribution in [1.82, 2.24) is 10.2 Å². The molecule has 2 aromatic rings. The fraction of sp³-hybridized carbons (Fsp3) is 0.227. The van der Waals surface area contributed by atoms with Gasteiger partial charge < -0.3 is 25.6 Å². The third kappa shape index (κ3) is 5.05. The van der Waals surface area contributed by atoms with E-state index in [1.54, 1.807) is 18.2 Å². The number of rotatable bonds is 5. The van der Waals surface area contributed by atoms with Crippen LogP contribution < -0.4 is 16.0 Å². The summed E-state index contributed by atoms with van der Waals surface area (Å²) in [7, 11) is 1.36. The largest absolute Gasteiger partial charge is 0.466 e. The molecule has 0 bridgehead atoms. The Morgan fingerprint density at radius 3 is 2.45 bits per heavy atom. The third-order valence-electron chi connectivity index (χ3n) is 4.94. The van der Waals surface area contributed by atoms with Crippen LogP contribution in [0.4, 0.5) is 16.2 Å². The molecule has 0 spiro atoms. The zero-order valence-electron chi connectivity index (χ0n) is 17.4. The first-order chi connectivity index (χ1) is 14.8.